The summed E-state index contributed by atoms with van der Waals surface area (Å²) in [4.78, 5) is 17.1. The van der Waals surface area contributed by atoms with E-state index in [0.717, 1.165) is 10.7 Å². The highest BCUT2D eigenvalue weighted by Crippen LogP contribution is 2.25. The molecule has 1 atom stereocenters. The smallest absolute Gasteiger partial charge is 0.155 e. The molecule has 0 saturated carbocycles. The second-order valence-corrected chi connectivity index (χ2v) is 4.58. The van der Waals surface area contributed by atoms with Crippen molar-refractivity contribution >= 4 is 17.1 Å². The number of hydrogen-bond acceptors (Lipinski definition) is 3. The summed E-state index contributed by atoms with van der Waals surface area (Å²) in [6.07, 6.45) is 4.17. The van der Waals surface area contributed by atoms with Gasteiger partial charge in [0.05, 0.1) is 10.9 Å². The van der Waals surface area contributed by atoms with E-state index in [1.54, 1.807) is 17.5 Å². The molecule has 2 aromatic heterocycles. The van der Waals surface area contributed by atoms with Gasteiger partial charge in [0.1, 0.15) is 0 Å². The van der Waals surface area contributed by atoms with Crippen LogP contribution in [0.2, 0.25) is 0 Å². The number of carbonyl (C=O) groups is 1. The maximum atomic E-state index is 11.7. The van der Waals surface area contributed by atoms with Gasteiger partial charge in [-0.1, -0.05) is 13.0 Å². The Morgan fingerprint density at radius 2 is 2.44 bits per heavy atom. The second kappa shape index (κ2) is 4.61. The van der Waals surface area contributed by atoms with Crippen LogP contribution < -0.4 is 0 Å². The number of ketones is 1. The van der Waals surface area contributed by atoms with Crippen molar-refractivity contribution in [2.75, 3.05) is 0 Å². The van der Waals surface area contributed by atoms with E-state index in [2.05, 4.69) is 4.98 Å². The van der Waals surface area contributed by atoms with Crippen LogP contribution in [0.4, 0.5) is 0 Å². The first-order valence-electron chi connectivity index (χ1n) is 5.33. The maximum Gasteiger partial charge on any atom is 0.155 e. The van der Waals surface area contributed by atoms with E-state index in [9.17, 15) is 4.79 Å². The Morgan fingerprint density at radius 1 is 1.62 bits per heavy atom. The Kier molecular flexibility index (Phi) is 3.19. The lowest BCUT2D eigenvalue weighted by atomic mass is 10.1. The highest BCUT2D eigenvalue weighted by atomic mass is 32.1. The molecule has 2 aromatic rings. The number of nitrogens with zero attached hydrogens (tertiary/aromatic N) is 2. The molecule has 0 aliphatic rings. The second-order valence-electron chi connectivity index (χ2n) is 3.63. The fourth-order valence-electron chi connectivity index (χ4n) is 1.67. The van der Waals surface area contributed by atoms with Crippen LogP contribution in [0.3, 0.4) is 0 Å². The average Bonchev–Trinajstić information content (AvgIpc) is 2.95. The number of imidazole rings is 1. The van der Waals surface area contributed by atoms with Gasteiger partial charge in [-0.05, 0) is 18.4 Å². The lowest BCUT2D eigenvalue weighted by Crippen LogP contribution is -2.15. The molecule has 0 bridgehead atoms. The van der Waals surface area contributed by atoms with E-state index >= 15 is 0 Å². The molecule has 0 amide bonds. The number of rotatable bonds is 4. The molecule has 0 N–H and O–H groups in total. The standard InChI is InChI=1S/C12H14N2OS/c1-3-10(15)9(2)14-7-6-13-12(14)11-5-4-8-16-11/h4-9H,3H2,1-2H3. The van der Waals surface area contributed by atoms with Crippen molar-refractivity contribution in [3.05, 3.63) is 29.9 Å². The summed E-state index contributed by atoms with van der Waals surface area (Å²) in [6, 6.07) is 3.88. The molecule has 3 nitrogen and oxygen atoms in total. The van der Waals surface area contributed by atoms with Crippen molar-refractivity contribution in [1.29, 1.82) is 0 Å². The zero-order valence-electron chi connectivity index (χ0n) is 9.38. The van der Waals surface area contributed by atoms with Gasteiger partial charge >= 0.3 is 0 Å². The molecule has 0 saturated heterocycles. The van der Waals surface area contributed by atoms with Gasteiger partial charge in [0.15, 0.2) is 11.6 Å². The maximum absolute atomic E-state index is 11.7. The summed E-state index contributed by atoms with van der Waals surface area (Å²) < 4.78 is 1.94. The summed E-state index contributed by atoms with van der Waals surface area (Å²) >= 11 is 1.64. The van der Waals surface area contributed by atoms with Gasteiger partial charge in [0.2, 0.25) is 0 Å². The van der Waals surface area contributed by atoms with Gasteiger partial charge in [-0.25, -0.2) is 4.98 Å². The lowest BCUT2D eigenvalue weighted by Gasteiger charge is -2.13. The molecule has 16 heavy (non-hydrogen) atoms. The molecule has 0 fully saturated rings. The molecular formula is C12H14N2OS. The van der Waals surface area contributed by atoms with Gasteiger partial charge < -0.3 is 4.57 Å². The van der Waals surface area contributed by atoms with Crippen molar-refractivity contribution in [3.8, 4) is 10.7 Å². The van der Waals surface area contributed by atoms with E-state index in [1.807, 2.05) is 42.1 Å². The lowest BCUT2D eigenvalue weighted by molar-refractivity contribution is -0.121. The summed E-state index contributed by atoms with van der Waals surface area (Å²) in [5, 5.41) is 2.01. The van der Waals surface area contributed by atoms with Gasteiger partial charge in [0, 0.05) is 18.8 Å². The van der Waals surface area contributed by atoms with Crippen LogP contribution in [0.1, 0.15) is 26.3 Å². The van der Waals surface area contributed by atoms with E-state index in [-0.39, 0.29) is 11.8 Å². The molecule has 1 unspecified atom stereocenters. The van der Waals surface area contributed by atoms with E-state index in [4.69, 9.17) is 0 Å². The molecule has 84 valence electrons. The first-order valence-corrected chi connectivity index (χ1v) is 6.21. The topological polar surface area (TPSA) is 34.9 Å². The normalized spacial score (nSPS) is 12.6. The van der Waals surface area contributed by atoms with Crippen molar-refractivity contribution in [2.45, 2.75) is 26.3 Å². The summed E-state index contributed by atoms with van der Waals surface area (Å²) in [5.41, 5.74) is 0. The number of aromatic nitrogens is 2. The Hall–Kier alpha value is -1.42. The van der Waals surface area contributed by atoms with Gasteiger partial charge in [-0.15, -0.1) is 11.3 Å². The van der Waals surface area contributed by atoms with Gasteiger partial charge in [-0.2, -0.15) is 0 Å². The minimum Gasteiger partial charge on any atom is -0.320 e. The van der Waals surface area contributed by atoms with Crippen LogP contribution in [-0.4, -0.2) is 15.3 Å². The Bertz CT molecular complexity index is 473. The molecular weight excluding hydrogens is 220 g/mol. The van der Waals surface area contributed by atoms with Gasteiger partial charge in [0.25, 0.3) is 0 Å². The van der Waals surface area contributed by atoms with Crippen molar-refractivity contribution in [1.82, 2.24) is 9.55 Å². The Labute approximate surface area is 98.8 Å². The van der Waals surface area contributed by atoms with Crippen molar-refractivity contribution < 1.29 is 4.79 Å². The van der Waals surface area contributed by atoms with E-state index in [1.165, 1.54) is 0 Å². The quantitative estimate of drug-likeness (QED) is 0.814. The largest absolute Gasteiger partial charge is 0.320 e. The number of thiophene rings is 1. The monoisotopic (exact) mass is 234 g/mol. The zero-order chi connectivity index (χ0) is 11.5. The third-order valence-corrected chi connectivity index (χ3v) is 3.51. The van der Waals surface area contributed by atoms with Gasteiger partial charge in [-0.3, -0.25) is 4.79 Å². The highest BCUT2D eigenvalue weighted by molar-refractivity contribution is 7.13. The van der Waals surface area contributed by atoms with E-state index in [0.29, 0.717) is 6.42 Å². The van der Waals surface area contributed by atoms with Crippen LogP contribution in [0.25, 0.3) is 10.7 Å². The van der Waals surface area contributed by atoms with Crippen molar-refractivity contribution in [3.63, 3.8) is 0 Å². The van der Waals surface area contributed by atoms with Crippen LogP contribution in [0.15, 0.2) is 29.9 Å². The third kappa shape index (κ3) is 1.93. The molecule has 0 aromatic carbocycles. The minimum atomic E-state index is -0.135. The molecule has 0 aliphatic heterocycles. The minimum absolute atomic E-state index is 0.135. The SMILES string of the molecule is CCC(=O)C(C)n1ccnc1-c1cccs1. The zero-order valence-corrected chi connectivity index (χ0v) is 10.2. The molecule has 0 spiro atoms. The Balaban J connectivity index is 2.36. The summed E-state index contributed by atoms with van der Waals surface area (Å²) in [7, 11) is 0. The van der Waals surface area contributed by atoms with Crippen LogP contribution in [-0.2, 0) is 4.79 Å². The average molecular weight is 234 g/mol. The first kappa shape index (κ1) is 11.1. The third-order valence-electron chi connectivity index (χ3n) is 2.64. The van der Waals surface area contributed by atoms with Crippen LogP contribution >= 0.6 is 11.3 Å². The fourth-order valence-corrected chi connectivity index (χ4v) is 2.40. The summed E-state index contributed by atoms with van der Waals surface area (Å²) in [5.74, 6) is 1.11. The van der Waals surface area contributed by atoms with Crippen LogP contribution in [0.5, 0.6) is 0 Å². The van der Waals surface area contributed by atoms with Crippen molar-refractivity contribution in [2.24, 2.45) is 0 Å². The van der Waals surface area contributed by atoms with Crippen LogP contribution in [0, 0.1) is 0 Å². The fraction of sp³-hybridized carbons (Fsp3) is 0.333. The number of carbonyl (C=O) groups excluding carboxylic acids is 1. The molecule has 0 radical (unpaired) electrons. The predicted octanol–water partition coefficient (Wildman–Crippen LogP) is 3.15. The van der Waals surface area contributed by atoms with E-state index < -0.39 is 0 Å². The Morgan fingerprint density at radius 3 is 3.06 bits per heavy atom. The molecule has 0 aliphatic carbocycles. The molecule has 2 rings (SSSR count). The molecule has 4 heteroatoms. The number of hydrogen-bond donors (Lipinski definition) is 0. The molecule has 2 heterocycles. The summed E-state index contributed by atoms with van der Waals surface area (Å²) in [6.45, 7) is 3.81. The highest BCUT2D eigenvalue weighted by Gasteiger charge is 2.17. The number of Topliss-reactive ketones (excluding diaryl/α,β-unsaturated/α-hetero) is 1. The first-order chi connectivity index (χ1) is 7.74. The predicted molar refractivity (Wildman–Crippen MR) is 65.5 cm³/mol.